The number of aromatic nitrogens is 2. The zero-order chi connectivity index (χ0) is 11.3. The van der Waals surface area contributed by atoms with Crippen molar-refractivity contribution in [3.05, 3.63) is 16.9 Å². The molecule has 0 unspecified atom stereocenters. The number of hydrogen-bond acceptors (Lipinski definition) is 4. The standard InChI is InChI=1S/C9H12ClN3O2/c1-3-15-5-8(14)13-9-11-6(2)4-7(10)12-9/h4H,3,5H2,1-2H3,(H,11,12,13,14). The summed E-state index contributed by atoms with van der Waals surface area (Å²) in [4.78, 5) is 19.1. The molecule has 1 aromatic rings. The summed E-state index contributed by atoms with van der Waals surface area (Å²) in [5.74, 6) is -0.0942. The van der Waals surface area contributed by atoms with Gasteiger partial charge in [0.25, 0.3) is 5.91 Å². The molecule has 0 aliphatic rings. The third-order valence-corrected chi connectivity index (χ3v) is 1.71. The van der Waals surface area contributed by atoms with Crippen LogP contribution in [0.5, 0.6) is 0 Å². The third-order valence-electron chi connectivity index (χ3n) is 1.51. The molecule has 0 aliphatic heterocycles. The number of ether oxygens (including phenoxy) is 1. The molecule has 5 nitrogen and oxygen atoms in total. The monoisotopic (exact) mass is 229 g/mol. The number of carbonyl (C=O) groups is 1. The van der Waals surface area contributed by atoms with E-state index in [4.69, 9.17) is 16.3 Å². The smallest absolute Gasteiger partial charge is 0.252 e. The van der Waals surface area contributed by atoms with Gasteiger partial charge in [0, 0.05) is 12.3 Å². The van der Waals surface area contributed by atoms with E-state index in [9.17, 15) is 4.79 Å². The number of nitrogens with one attached hydrogen (secondary N) is 1. The molecule has 82 valence electrons. The Kier molecular flexibility index (Phi) is 4.45. The second-order valence-electron chi connectivity index (χ2n) is 2.84. The van der Waals surface area contributed by atoms with Gasteiger partial charge in [0.2, 0.25) is 5.95 Å². The SMILES string of the molecule is CCOCC(=O)Nc1nc(C)cc(Cl)n1. The van der Waals surface area contributed by atoms with Crippen LogP contribution in [0.25, 0.3) is 0 Å². The summed E-state index contributed by atoms with van der Waals surface area (Å²) in [5.41, 5.74) is 0.696. The minimum Gasteiger partial charge on any atom is -0.372 e. The molecule has 0 saturated heterocycles. The zero-order valence-electron chi connectivity index (χ0n) is 8.58. The van der Waals surface area contributed by atoms with Crippen molar-refractivity contribution in [2.75, 3.05) is 18.5 Å². The van der Waals surface area contributed by atoms with E-state index in [1.54, 1.807) is 13.0 Å². The number of anilines is 1. The number of hydrogen-bond donors (Lipinski definition) is 1. The highest BCUT2D eigenvalue weighted by Crippen LogP contribution is 2.09. The van der Waals surface area contributed by atoms with Gasteiger partial charge in [-0.25, -0.2) is 9.97 Å². The first-order chi connectivity index (χ1) is 7.11. The molecule has 0 aliphatic carbocycles. The van der Waals surface area contributed by atoms with Gasteiger partial charge in [0.05, 0.1) is 0 Å². The maximum atomic E-state index is 11.2. The number of aryl methyl sites for hydroxylation is 1. The highest BCUT2D eigenvalue weighted by atomic mass is 35.5. The Balaban J connectivity index is 2.60. The molecule has 0 fully saturated rings. The van der Waals surface area contributed by atoms with Gasteiger partial charge in [-0.05, 0) is 19.9 Å². The molecule has 1 rings (SSSR count). The number of amides is 1. The van der Waals surface area contributed by atoms with Gasteiger partial charge in [-0.2, -0.15) is 0 Å². The van der Waals surface area contributed by atoms with E-state index in [1.165, 1.54) is 0 Å². The first-order valence-corrected chi connectivity index (χ1v) is 4.88. The van der Waals surface area contributed by atoms with Crippen molar-refractivity contribution in [1.82, 2.24) is 9.97 Å². The zero-order valence-corrected chi connectivity index (χ0v) is 9.34. The lowest BCUT2D eigenvalue weighted by atomic mass is 10.4. The van der Waals surface area contributed by atoms with Crippen molar-refractivity contribution < 1.29 is 9.53 Å². The van der Waals surface area contributed by atoms with Gasteiger partial charge < -0.3 is 4.74 Å². The molecule has 1 aromatic heterocycles. The maximum absolute atomic E-state index is 11.2. The Morgan fingerprint density at radius 1 is 1.60 bits per heavy atom. The molecular weight excluding hydrogens is 218 g/mol. The Morgan fingerprint density at radius 2 is 2.33 bits per heavy atom. The van der Waals surface area contributed by atoms with Crippen molar-refractivity contribution in [2.24, 2.45) is 0 Å². The lowest BCUT2D eigenvalue weighted by molar-refractivity contribution is -0.120. The van der Waals surface area contributed by atoms with E-state index in [-0.39, 0.29) is 18.5 Å². The highest BCUT2D eigenvalue weighted by Gasteiger charge is 2.05. The van der Waals surface area contributed by atoms with Crippen LogP contribution in [0.15, 0.2) is 6.07 Å². The lowest BCUT2D eigenvalue weighted by Crippen LogP contribution is -2.19. The normalized spacial score (nSPS) is 10.1. The molecule has 6 heteroatoms. The lowest BCUT2D eigenvalue weighted by Gasteiger charge is -2.04. The number of rotatable bonds is 4. The molecule has 1 N–H and O–H groups in total. The third kappa shape index (κ3) is 4.22. The number of halogens is 1. The molecule has 1 heterocycles. The second kappa shape index (κ2) is 5.63. The molecule has 0 aromatic carbocycles. The predicted molar refractivity (Wildman–Crippen MR) is 56.9 cm³/mol. The van der Waals surface area contributed by atoms with Gasteiger partial charge in [-0.1, -0.05) is 11.6 Å². The highest BCUT2D eigenvalue weighted by molar-refractivity contribution is 6.29. The van der Waals surface area contributed by atoms with E-state index >= 15 is 0 Å². The van der Waals surface area contributed by atoms with Crippen molar-refractivity contribution in [3.63, 3.8) is 0 Å². The van der Waals surface area contributed by atoms with Crippen LogP contribution >= 0.6 is 11.6 Å². The van der Waals surface area contributed by atoms with Crippen LogP contribution in [0, 0.1) is 6.92 Å². The Labute approximate surface area is 92.8 Å². The minimum atomic E-state index is -0.293. The van der Waals surface area contributed by atoms with E-state index in [1.807, 2.05) is 6.92 Å². The summed E-state index contributed by atoms with van der Waals surface area (Å²) in [6.45, 7) is 4.06. The van der Waals surface area contributed by atoms with Crippen LogP contribution in [0.2, 0.25) is 5.15 Å². The largest absolute Gasteiger partial charge is 0.372 e. The molecular formula is C9H12ClN3O2. The first-order valence-electron chi connectivity index (χ1n) is 4.50. The summed E-state index contributed by atoms with van der Waals surface area (Å²) in [6.07, 6.45) is 0. The van der Waals surface area contributed by atoms with Crippen LogP contribution in [-0.4, -0.2) is 29.1 Å². The average Bonchev–Trinajstić information content (AvgIpc) is 2.13. The predicted octanol–water partition coefficient (Wildman–Crippen LogP) is 1.41. The summed E-state index contributed by atoms with van der Waals surface area (Å²) in [7, 11) is 0. The van der Waals surface area contributed by atoms with Gasteiger partial charge in [-0.3, -0.25) is 10.1 Å². The molecule has 15 heavy (non-hydrogen) atoms. The fraction of sp³-hybridized carbons (Fsp3) is 0.444. The van der Waals surface area contributed by atoms with Crippen LogP contribution in [-0.2, 0) is 9.53 Å². The van der Waals surface area contributed by atoms with E-state index in [2.05, 4.69) is 15.3 Å². The fourth-order valence-corrected chi connectivity index (χ4v) is 1.18. The van der Waals surface area contributed by atoms with Gasteiger partial charge >= 0.3 is 0 Å². The van der Waals surface area contributed by atoms with Gasteiger partial charge in [-0.15, -0.1) is 0 Å². The van der Waals surface area contributed by atoms with Crippen molar-refractivity contribution in [3.8, 4) is 0 Å². The summed E-state index contributed by atoms with van der Waals surface area (Å²) in [5, 5.41) is 2.79. The van der Waals surface area contributed by atoms with Gasteiger partial charge in [0.1, 0.15) is 11.8 Å². The second-order valence-corrected chi connectivity index (χ2v) is 3.23. The number of carbonyl (C=O) groups excluding carboxylic acids is 1. The Bertz CT molecular complexity index is 337. The van der Waals surface area contributed by atoms with Crippen molar-refractivity contribution in [2.45, 2.75) is 13.8 Å². The van der Waals surface area contributed by atoms with Crippen LogP contribution in [0.4, 0.5) is 5.95 Å². The summed E-state index contributed by atoms with van der Waals surface area (Å²) >= 11 is 5.70. The van der Waals surface area contributed by atoms with E-state index < -0.39 is 0 Å². The maximum Gasteiger partial charge on any atom is 0.252 e. The Hall–Kier alpha value is -1.20. The van der Waals surface area contributed by atoms with Crippen molar-refractivity contribution >= 4 is 23.5 Å². The molecule has 0 saturated carbocycles. The first kappa shape index (κ1) is 11.9. The number of nitrogens with zero attached hydrogens (tertiary/aromatic N) is 2. The van der Waals surface area contributed by atoms with E-state index in [0.29, 0.717) is 17.5 Å². The average molecular weight is 230 g/mol. The molecule has 0 bridgehead atoms. The molecule has 0 atom stereocenters. The minimum absolute atomic E-state index is 0.00851. The molecule has 0 radical (unpaired) electrons. The Morgan fingerprint density at radius 3 is 2.93 bits per heavy atom. The summed E-state index contributed by atoms with van der Waals surface area (Å²) < 4.78 is 4.93. The summed E-state index contributed by atoms with van der Waals surface area (Å²) in [6, 6.07) is 1.61. The van der Waals surface area contributed by atoms with Gasteiger partial charge in [0.15, 0.2) is 0 Å². The van der Waals surface area contributed by atoms with E-state index in [0.717, 1.165) is 0 Å². The van der Waals surface area contributed by atoms with Crippen LogP contribution in [0.1, 0.15) is 12.6 Å². The topological polar surface area (TPSA) is 64.1 Å². The quantitative estimate of drug-likeness (QED) is 0.793. The van der Waals surface area contributed by atoms with Crippen LogP contribution < -0.4 is 5.32 Å². The molecule has 1 amide bonds. The van der Waals surface area contributed by atoms with Crippen molar-refractivity contribution in [1.29, 1.82) is 0 Å². The van der Waals surface area contributed by atoms with Crippen LogP contribution in [0.3, 0.4) is 0 Å². The fourth-order valence-electron chi connectivity index (χ4n) is 0.942. The molecule has 0 spiro atoms.